The van der Waals surface area contributed by atoms with Crippen molar-refractivity contribution in [3.8, 4) is 5.69 Å². The van der Waals surface area contributed by atoms with E-state index in [1.54, 1.807) is 4.68 Å². The first-order chi connectivity index (χ1) is 9.88. The van der Waals surface area contributed by atoms with E-state index in [1.807, 2.05) is 42.1 Å². The average molecular weight is 289 g/mol. The molecule has 0 spiro atoms. The summed E-state index contributed by atoms with van der Waals surface area (Å²) >= 11 is 2.03. The van der Waals surface area contributed by atoms with Gasteiger partial charge in [-0.15, -0.1) is 0 Å². The van der Waals surface area contributed by atoms with Crippen molar-refractivity contribution in [3.05, 3.63) is 30.3 Å². The summed E-state index contributed by atoms with van der Waals surface area (Å²) in [6, 6.07) is 10.5. The van der Waals surface area contributed by atoms with Gasteiger partial charge in [-0.2, -0.15) is 16.4 Å². The summed E-state index contributed by atoms with van der Waals surface area (Å²) in [4.78, 5) is 0. The molecule has 1 heterocycles. The van der Waals surface area contributed by atoms with Gasteiger partial charge in [0.2, 0.25) is 5.95 Å². The molecule has 0 saturated heterocycles. The summed E-state index contributed by atoms with van der Waals surface area (Å²) < 4.78 is 1.77. The van der Waals surface area contributed by atoms with Gasteiger partial charge in [0.25, 0.3) is 0 Å². The molecule has 0 aliphatic heterocycles. The number of benzene rings is 1. The van der Waals surface area contributed by atoms with Crippen molar-refractivity contribution in [1.29, 1.82) is 0 Å². The van der Waals surface area contributed by atoms with Crippen molar-refractivity contribution < 1.29 is 0 Å². The molecule has 1 fully saturated rings. The molecule has 0 amide bonds. The second-order valence-corrected chi connectivity index (χ2v) is 6.44. The quantitative estimate of drug-likeness (QED) is 0.917. The minimum absolute atomic E-state index is 0.466. The van der Waals surface area contributed by atoms with Gasteiger partial charge in [-0.3, -0.25) is 0 Å². The Morgan fingerprint density at radius 2 is 2.15 bits per heavy atom. The molecule has 0 bridgehead atoms. The first kappa shape index (κ1) is 13.4. The van der Waals surface area contributed by atoms with Crippen LogP contribution < -0.4 is 5.32 Å². The van der Waals surface area contributed by atoms with Crippen molar-refractivity contribution in [2.24, 2.45) is 0 Å². The van der Waals surface area contributed by atoms with Crippen LogP contribution in [0.25, 0.3) is 5.69 Å². The van der Waals surface area contributed by atoms with E-state index >= 15 is 0 Å². The summed E-state index contributed by atoms with van der Waals surface area (Å²) in [6.07, 6.45) is 3.75. The highest BCUT2D eigenvalue weighted by Crippen LogP contribution is 2.31. The van der Waals surface area contributed by atoms with Crippen LogP contribution in [0.1, 0.15) is 26.2 Å². The van der Waals surface area contributed by atoms with E-state index in [1.165, 1.54) is 19.3 Å². The predicted octanol–water partition coefficient (Wildman–Crippen LogP) is 2.75. The number of hydrogen-bond donors (Lipinski definition) is 1. The maximum absolute atomic E-state index is 4.13. The number of aromatic nitrogens is 4. The molecular weight excluding hydrogens is 270 g/mol. The van der Waals surface area contributed by atoms with Gasteiger partial charge in [-0.25, -0.2) is 0 Å². The number of nitrogens with one attached hydrogen (secondary N) is 1. The lowest BCUT2D eigenvalue weighted by molar-refractivity contribution is 0.740. The molecule has 5 nitrogen and oxygen atoms in total. The third-order valence-corrected chi connectivity index (χ3v) is 4.94. The Balaban J connectivity index is 1.77. The molecule has 1 aromatic carbocycles. The Bertz CT molecular complexity index is 542. The van der Waals surface area contributed by atoms with Gasteiger partial charge in [0.15, 0.2) is 0 Å². The maximum Gasteiger partial charge on any atom is 0.248 e. The number of nitrogens with zero attached hydrogens (tertiary/aromatic N) is 4. The molecule has 1 N–H and O–H groups in total. The molecular formula is C14H19N5S. The van der Waals surface area contributed by atoms with Gasteiger partial charge in [-0.05, 0) is 41.2 Å². The SMILES string of the molecule is CCSC1CCCC1Nc1nnnn1-c1ccccc1. The fourth-order valence-corrected chi connectivity index (χ4v) is 3.89. The van der Waals surface area contributed by atoms with Crippen LogP contribution in [0.15, 0.2) is 30.3 Å². The van der Waals surface area contributed by atoms with Gasteiger partial charge in [0.05, 0.1) is 5.69 Å². The predicted molar refractivity (Wildman–Crippen MR) is 82.3 cm³/mol. The van der Waals surface area contributed by atoms with E-state index in [-0.39, 0.29) is 0 Å². The lowest BCUT2D eigenvalue weighted by Gasteiger charge is -2.20. The van der Waals surface area contributed by atoms with E-state index in [4.69, 9.17) is 0 Å². The molecule has 20 heavy (non-hydrogen) atoms. The minimum atomic E-state index is 0.466. The fourth-order valence-electron chi connectivity index (χ4n) is 2.69. The average Bonchev–Trinajstić information content (AvgIpc) is 3.11. The lowest BCUT2D eigenvalue weighted by Crippen LogP contribution is -2.27. The number of tetrazole rings is 1. The smallest absolute Gasteiger partial charge is 0.248 e. The molecule has 2 atom stereocenters. The minimum Gasteiger partial charge on any atom is -0.349 e. The third-order valence-electron chi connectivity index (χ3n) is 3.62. The summed E-state index contributed by atoms with van der Waals surface area (Å²) in [5.74, 6) is 1.90. The van der Waals surface area contributed by atoms with Gasteiger partial charge in [0.1, 0.15) is 0 Å². The fraction of sp³-hybridized carbons (Fsp3) is 0.500. The molecule has 1 aliphatic rings. The summed E-state index contributed by atoms with van der Waals surface area (Å²) in [7, 11) is 0. The van der Waals surface area contributed by atoms with Crippen molar-refractivity contribution in [1.82, 2.24) is 20.2 Å². The topological polar surface area (TPSA) is 55.6 Å². The van der Waals surface area contributed by atoms with E-state index < -0.39 is 0 Å². The third kappa shape index (κ3) is 2.80. The van der Waals surface area contributed by atoms with Crippen LogP contribution >= 0.6 is 11.8 Å². The molecule has 2 unspecified atom stereocenters. The van der Waals surface area contributed by atoms with E-state index in [2.05, 4.69) is 27.8 Å². The molecule has 1 saturated carbocycles. The highest BCUT2D eigenvalue weighted by Gasteiger charge is 2.28. The standard InChI is InChI=1S/C14H19N5S/c1-2-20-13-10-6-9-12(13)15-14-16-17-18-19(14)11-7-4-3-5-8-11/h3-5,7-8,12-13H,2,6,9-10H2,1H3,(H,15,16,18). The lowest BCUT2D eigenvalue weighted by atomic mass is 10.2. The molecule has 1 aromatic heterocycles. The van der Waals surface area contributed by atoms with E-state index in [9.17, 15) is 0 Å². The van der Waals surface area contributed by atoms with E-state index in [0.29, 0.717) is 11.3 Å². The number of para-hydroxylation sites is 1. The van der Waals surface area contributed by atoms with Crippen LogP contribution in [0.4, 0.5) is 5.95 Å². The molecule has 106 valence electrons. The molecule has 1 aliphatic carbocycles. The van der Waals surface area contributed by atoms with E-state index in [0.717, 1.165) is 17.4 Å². The zero-order valence-electron chi connectivity index (χ0n) is 11.6. The highest BCUT2D eigenvalue weighted by molar-refractivity contribution is 7.99. The zero-order chi connectivity index (χ0) is 13.8. The number of anilines is 1. The monoisotopic (exact) mass is 289 g/mol. The Labute approximate surface area is 123 Å². The second-order valence-electron chi connectivity index (χ2n) is 4.93. The van der Waals surface area contributed by atoms with Crippen molar-refractivity contribution in [2.75, 3.05) is 11.1 Å². The summed E-state index contributed by atoms with van der Waals surface area (Å²) in [5, 5.41) is 16.2. The van der Waals surface area contributed by atoms with Crippen molar-refractivity contribution in [2.45, 2.75) is 37.5 Å². The summed E-state index contributed by atoms with van der Waals surface area (Å²) in [5.41, 5.74) is 0.984. The van der Waals surface area contributed by atoms with Crippen LogP contribution in [0.5, 0.6) is 0 Å². The molecule has 2 aromatic rings. The molecule has 3 rings (SSSR count). The highest BCUT2D eigenvalue weighted by atomic mass is 32.2. The van der Waals surface area contributed by atoms with Crippen molar-refractivity contribution in [3.63, 3.8) is 0 Å². The number of rotatable bonds is 5. The van der Waals surface area contributed by atoms with Crippen LogP contribution in [0, 0.1) is 0 Å². The molecule has 6 heteroatoms. The summed E-state index contributed by atoms with van der Waals surface area (Å²) in [6.45, 7) is 2.22. The largest absolute Gasteiger partial charge is 0.349 e. The number of thioether (sulfide) groups is 1. The Hall–Kier alpha value is -1.56. The van der Waals surface area contributed by atoms with Crippen LogP contribution in [-0.4, -0.2) is 37.3 Å². The first-order valence-electron chi connectivity index (χ1n) is 7.10. The maximum atomic E-state index is 4.13. The van der Waals surface area contributed by atoms with Gasteiger partial charge >= 0.3 is 0 Å². The van der Waals surface area contributed by atoms with Crippen LogP contribution in [0.3, 0.4) is 0 Å². The normalized spacial score (nSPS) is 22.1. The Morgan fingerprint density at radius 3 is 2.95 bits per heavy atom. The van der Waals surface area contributed by atoms with Gasteiger partial charge in [0, 0.05) is 11.3 Å². The van der Waals surface area contributed by atoms with Gasteiger partial charge < -0.3 is 5.32 Å². The first-order valence-corrected chi connectivity index (χ1v) is 8.15. The zero-order valence-corrected chi connectivity index (χ0v) is 12.4. The Kier molecular flexibility index (Phi) is 4.20. The number of hydrogen-bond acceptors (Lipinski definition) is 5. The molecule has 0 radical (unpaired) electrons. The van der Waals surface area contributed by atoms with Crippen molar-refractivity contribution >= 4 is 17.7 Å². The van der Waals surface area contributed by atoms with Crippen LogP contribution in [-0.2, 0) is 0 Å². The van der Waals surface area contributed by atoms with Crippen LogP contribution in [0.2, 0.25) is 0 Å². The van der Waals surface area contributed by atoms with Gasteiger partial charge in [-0.1, -0.05) is 36.6 Å². The Morgan fingerprint density at radius 1 is 1.30 bits per heavy atom. The second kappa shape index (κ2) is 6.26.